The van der Waals surface area contributed by atoms with E-state index in [0.29, 0.717) is 5.90 Å². The van der Waals surface area contributed by atoms with Crippen molar-refractivity contribution < 1.29 is 9.47 Å². The predicted molar refractivity (Wildman–Crippen MR) is 190 cm³/mol. The minimum Gasteiger partial charge on any atom is -0.467 e. The summed E-state index contributed by atoms with van der Waals surface area (Å²) in [5.41, 5.74) is 10.1. The first-order valence-corrected chi connectivity index (χ1v) is 16.6. The molecule has 5 heteroatoms. The van der Waals surface area contributed by atoms with Crippen LogP contribution in [-0.2, 0) is 21.1 Å². The Hall–Kier alpha value is -4.90. The normalized spacial score (nSPS) is 22.9. The van der Waals surface area contributed by atoms with Gasteiger partial charge in [0.05, 0.1) is 11.2 Å². The lowest BCUT2D eigenvalue weighted by Gasteiger charge is -2.41. The molecule has 4 heterocycles. The van der Waals surface area contributed by atoms with E-state index in [9.17, 15) is 0 Å². The third-order valence-corrected chi connectivity index (χ3v) is 11.8. The lowest BCUT2D eigenvalue weighted by atomic mass is 9.71. The van der Waals surface area contributed by atoms with Crippen LogP contribution in [0.25, 0.3) is 27.6 Å². The summed E-state index contributed by atoms with van der Waals surface area (Å²) in [7, 11) is 0. The van der Waals surface area contributed by atoms with E-state index in [-0.39, 0.29) is 10.8 Å². The van der Waals surface area contributed by atoms with Crippen molar-refractivity contribution in [1.82, 2.24) is 9.55 Å². The quantitative estimate of drug-likeness (QED) is 0.199. The average Bonchev–Trinajstić information content (AvgIpc) is 3.57. The second kappa shape index (κ2) is 8.92. The van der Waals surface area contributed by atoms with Gasteiger partial charge < -0.3 is 9.47 Å². The van der Waals surface area contributed by atoms with E-state index in [1.54, 1.807) is 0 Å². The molecule has 47 heavy (non-hydrogen) atoms. The second-order valence-corrected chi connectivity index (χ2v) is 15.1. The van der Waals surface area contributed by atoms with Crippen LogP contribution in [-0.4, -0.2) is 21.0 Å². The van der Waals surface area contributed by atoms with Gasteiger partial charge in [-0.1, -0.05) is 70.2 Å². The fourth-order valence-electron chi connectivity index (χ4n) is 8.82. The zero-order valence-electron chi connectivity index (χ0n) is 28.3. The van der Waals surface area contributed by atoms with Gasteiger partial charge >= 0.3 is 0 Å². The summed E-state index contributed by atoms with van der Waals surface area (Å²) in [6, 6.07) is 30.3. The maximum absolute atomic E-state index is 6.92. The molecule has 0 fully saturated rings. The Kier molecular flexibility index (Phi) is 5.37. The van der Waals surface area contributed by atoms with Crippen molar-refractivity contribution in [3.05, 3.63) is 130 Å². The standard InChI is InChI=1S/C42H39N3O2/c1-24-19-26(38-44-41(7)31-16-10-9-15-30(31)40(5,6)42(41,8)47-38)22-27(20-24)46-35-23-34-33(21-25(35)2)39(3,4)32-17-11-13-28-29-14-12-18-43-37(29)45(34)36(28)32/h9-23H,1-8H3/t41-,42+/m1/s1. The van der Waals surface area contributed by atoms with Gasteiger partial charge in [-0.2, -0.15) is 0 Å². The highest BCUT2D eigenvalue weighted by atomic mass is 16.5. The van der Waals surface area contributed by atoms with Gasteiger partial charge in [-0.05, 0) is 97.5 Å². The summed E-state index contributed by atoms with van der Waals surface area (Å²) in [5, 5.41) is 2.39. The molecule has 0 unspecified atom stereocenters. The number of aromatic nitrogens is 2. The van der Waals surface area contributed by atoms with Crippen LogP contribution in [0.3, 0.4) is 0 Å². The second-order valence-electron chi connectivity index (χ2n) is 15.1. The molecule has 2 atom stereocenters. The van der Waals surface area contributed by atoms with Crippen molar-refractivity contribution in [3.63, 3.8) is 0 Å². The SMILES string of the molecule is Cc1cc(Oc2cc3c(cc2C)C(C)(C)c2cccc4c5cccnc5n-3c24)cc(C2=N[C@]3(C)c4ccccc4C(C)(C)[C@]3(C)O2)c1. The van der Waals surface area contributed by atoms with Crippen LogP contribution in [0, 0.1) is 13.8 Å². The van der Waals surface area contributed by atoms with Crippen molar-refractivity contribution in [2.24, 2.45) is 4.99 Å². The summed E-state index contributed by atoms with van der Waals surface area (Å²) < 4.78 is 16.0. The number of aryl methyl sites for hydroxylation is 2. The average molecular weight is 618 g/mol. The third-order valence-electron chi connectivity index (χ3n) is 11.8. The van der Waals surface area contributed by atoms with Crippen LogP contribution in [0.5, 0.6) is 11.5 Å². The van der Waals surface area contributed by atoms with Crippen LogP contribution in [0.2, 0.25) is 0 Å². The molecule has 5 nitrogen and oxygen atoms in total. The van der Waals surface area contributed by atoms with Gasteiger partial charge in [0.15, 0.2) is 0 Å². The smallest absolute Gasteiger partial charge is 0.217 e. The number of pyridine rings is 1. The van der Waals surface area contributed by atoms with Crippen molar-refractivity contribution >= 4 is 27.8 Å². The molecule has 0 bridgehead atoms. The van der Waals surface area contributed by atoms with Crippen LogP contribution < -0.4 is 4.74 Å². The first-order chi connectivity index (χ1) is 22.3. The van der Waals surface area contributed by atoms with Gasteiger partial charge in [0.1, 0.15) is 28.3 Å². The predicted octanol–water partition coefficient (Wildman–Crippen LogP) is 9.97. The molecule has 234 valence electrons. The van der Waals surface area contributed by atoms with E-state index in [1.807, 2.05) is 12.3 Å². The topological polar surface area (TPSA) is 48.6 Å². The molecule has 0 saturated carbocycles. The molecular formula is C42H39N3O2. The van der Waals surface area contributed by atoms with Gasteiger partial charge in [-0.3, -0.25) is 4.57 Å². The lowest BCUT2D eigenvalue weighted by Crippen LogP contribution is -2.51. The molecule has 0 spiro atoms. The summed E-state index contributed by atoms with van der Waals surface area (Å²) in [4.78, 5) is 10.2. The highest BCUT2D eigenvalue weighted by Crippen LogP contribution is 2.61. The molecule has 4 aromatic carbocycles. The highest BCUT2D eigenvalue weighted by molar-refractivity contribution is 6.10. The molecule has 1 aliphatic carbocycles. The van der Waals surface area contributed by atoms with Crippen LogP contribution in [0.4, 0.5) is 0 Å². The molecule has 6 aromatic rings. The van der Waals surface area contributed by atoms with Gasteiger partial charge in [0.25, 0.3) is 0 Å². The number of aliphatic imine (C=N–C) groups is 1. The maximum atomic E-state index is 6.92. The molecule has 0 N–H and O–H groups in total. The number of hydrogen-bond acceptors (Lipinski definition) is 4. The molecule has 0 radical (unpaired) electrons. The molecule has 9 rings (SSSR count). The fraction of sp³-hybridized carbons (Fsp3) is 0.286. The number of ether oxygens (including phenoxy) is 2. The van der Waals surface area contributed by atoms with Crippen molar-refractivity contribution in [1.29, 1.82) is 0 Å². The maximum Gasteiger partial charge on any atom is 0.217 e. The van der Waals surface area contributed by atoms with E-state index in [1.165, 1.54) is 33.2 Å². The molecule has 3 aliphatic rings. The third kappa shape index (κ3) is 3.44. The number of benzene rings is 4. The lowest BCUT2D eigenvalue weighted by molar-refractivity contribution is -0.0136. The summed E-state index contributed by atoms with van der Waals surface area (Å²) in [5.74, 6) is 2.25. The first kappa shape index (κ1) is 28.3. The molecular weight excluding hydrogens is 578 g/mol. The summed E-state index contributed by atoms with van der Waals surface area (Å²) in [6.07, 6.45) is 1.88. The van der Waals surface area contributed by atoms with Gasteiger partial charge in [0.2, 0.25) is 5.90 Å². The molecule has 2 aromatic heterocycles. The van der Waals surface area contributed by atoms with E-state index in [2.05, 4.69) is 139 Å². The Bertz CT molecular complexity index is 2380. The van der Waals surface area contributed by atoms with E-state index < -0.39 is 11.1 Å². The van der Waals surface area contributed by atoms with E-state index in [4.69, 9.17) is 19.5 Å². The minimum absolute atomic E-state index is 0.187. The first-order valence-electron chi connectivity index (χ1n) is 16.6. The zero-order chi connectivity index (χ0) is 32.7. The van der Waals surface area contributed by atoms with Crippen LogP contribution >= 0.6 is 0 Å². The van der Waals surface area contributed by atoms with Crippen LogP contribution in [0.1, 0.15) is 80.5 Å². The van der Waals surface area contributed by atoms with Crippen molar-refractivity contribution in [2.45, 2.75) is 77.4 Å². The summed E-state index contributed by atoms with van der Waals surface area (Å²) >= 11 is 0. The van der Waals surface area contributed by atoms with Gasteiger partial charge in [-0.15, -0.1) is 0 Å². The van der Waals surface area contributed by atoms with Crippen molar-refractivity contribution in [2.75, 3.05) is 0 Å². The largest absolute Gasteiger partial charge is 0.467 e. The van der Waals surface area contributed by atoms with Crippen molar-refractivity contribution in [3.8, 4) is 17.2 Å². The molecule has 0 amide bonds. The Morgan fingerprint density at radius 2 is 1.47 bits per heavy atom. The monoisotopic (exact) mass is 617 g/mol. The Morgan fingerprint density at radius 1 is 0.723 bits per heavy atom. The minimum atomic E-state index is -0.527. The Labute approximate surface area is 275 Å². The van der Waals surface area contributed by atoms with E-state index in [0.717, 1.165) is 44.9 Å². The van der Waals surface area contributed by atoms with Gasteiger partial charge in [0, 0.05) is 39.4 Å². The number of rotatable bonds is 3. The highest BCUT2D eigenvalue weighted by Gasteiger charge is 2.67. The zero-order valence-corrected chi connectivity index (χ0v) is 28.3. The van der Waals surface area contributed by atoms with Crippen LogP contribution in [0.15, 0.2) is 96.1 Å². The molecule has 2 aliphatic heterocycles. The number of nitrogens with zero attached hydrogens (tertiary/aromatic N) is 3. The number of para-hydroxylation sites is 1. The van der Waals surface area contributed by atoms with Gasteiger partial charge in [-0.25, -0.2) is 9.98 Å². The Balaban J connectivity index is 1.16. The fourth-order valence-corrected chi connectivity index (χ4v) is 8.82. The van der Waals surface area contributed by atoms with E-state index >= 15 is 0 Å². The molecule has 0 saturated heterocycles. The summed E-state index contributed by atoms with van der Waals surface area (Å²) in [6.45, 7) is 17.9. The number of hydrogen-bond donors (Lipinski definition) is 0. The Morgan fingerprint density at radius 3 is 2.28 bits per heavy atom. The number of fused-ring (bicyclic) bond motifs is 8.